The van der Waals surface area contributed by atoms with Gasteiger partial charge in [0.25, 0.3) is 10.0 Å². The molecule has 0 heterocycles. The summed E-state index contributed by atoms with van der Waals surface area (Å²) in [5.74, 6) is -0.653. The summed E-state index contributed by atoms with van der Waals surface area (Å²) in [7, 11) is -4.16. The topological polar surface area (TPSA) is 86.8 Å². The van der Waals surface area contributed by atoms with Gasteiger partial charge >= 0.3 is 0 Å². The van der Waals surface area contributed by atoms with E-state index in [0.29, 0.717) is 17.1 Å². The fourth-order valence-corrected chi connectivity index (χ4v) is 7.11. The van der Waals surface area contributed by atoms with Gasteiger partial charge in [0.05, 0.1) is 10.6 Å². The largest absolute Gasteiger partial charge is 0.352 e. The Morgan fingerprint density at radius 3 is 2.21 bits per heavy atom. The second kappa shape index (κ2) is 14.4. The van der Waals surface area contributed by atoms with Gasteiger partial charge in [0.2, 0.25) is 11.8 Å². The lowest BCUT2D eigenvalue weighted by molar-refractivity contribution is -0.140. The monoisotopic (exact) mass is 623 g/mol. The van der Waals surface area contributed by atoms with Crippen molar-refractivity contribution in [1.29, 1.82) is 0 Å². The van der Waals surface area contributed by atoms with E-state index >= 15 is 0 Å². The van der Waals surface area contributed by atoms with Crippen molar-refractivity contribution >= 4 is 39.1 Å². The summed E-state index contributed by atoms with van der Waals surface area (Å²) >= 11 is 6.06. The second-order valence-corrected chi connectivity index (χ2v) is 13.7. The Labute approximate surface area is 261 Å². The van der Waals surface area contributed by atoms with Gasteiger partial charge in [0, 0.05) is 17.6 Å². The first-order valence-electron chi connectivity index (χ1n) is 15.0. The highest BCUT2D eigenvalue weighted by Crippen LogP contribution is 2.28. The number of halogens is 1. The summed E-state index contributed by atoms with van der Waals surface area (Å²) in [4.78, 5) is 29.6. The van der Waals surface area contributed by atoms with Crippen LogP contribution in [-0.2, 0) is 26.2 Å². The number of nitrogens with zero attached hydrogens (tertiary/aromatic N) is 2. The number of hydrogen-bond donors (Lipinski definition) is 1. The molecule has 1 N–H and O–H groups in total. The number of hydrogen-bond acceptors (Lipinski definition) is 4. The minimum Gasteiger partial charge on any atom is -0.352 e. The van der Waals surface area contributed by atoms with Crippen LogP contribution in [0.1, 0.15) is 67.7 Å². The number of nitrogens with one attached hydrogen (secondary N) is 1. The molecule has 0 bridgehead atoms. The summed E-state index contributed by atoms with van der Waals surface area (Å²) in [6.45, 7) is 7.42. The molecule has 0 aliphatic heterocycles. The lowest BCUT2D eigenvalue weighted by Gasteiger charge is -2.35. The van der Waals surface area contributed by atoms with Crippen LogP contribution in [0.5, 0.6) is 0 Å². The van der Waals surface area contributed by atoms with E-state index in [1.165, 1.54) is 24.3 Å². The smallest absolute Gasteiger partial charge is 0.264 e. The molecule has 1 fully saturated rings. The molecule has 1 aliphatic carbocycles. The van der Waals surface area contributed by atoms with Crippen molar-refractivity contribution in [1.82, 2.24) is 10.2 Å². The van der Waals surface area contributed by atoms with Crippen LogP contribution in [0, 0.1) is 20.8 Å². The number of anilines is 1. The average molecular weight is 624 g/mol. The van der Waals surface area contributed by atoms with E-state index in [2.05, 4.69) is 5.32 Å². The van der Waals surface area contributed by atoms with Crippen LogP contribution in [0.2, 0.25) is 5.02 Å². The SMILES string of the molecule is CCC(C(=O)NC1CCCCC1)N(Cc1ccccc1C)C(=O)CN(c1ccc(C)c(C)c1)S(=O)(=O)c1ccc(Cl)cc1. The number of carbonyl (C=O) groups is 2. The predicted octanol–water partition coefficient (Wildman–Crippen LogP) is 6.72. The van der Waals surface area contributed by atoms with Crippen LogP contribution >= 0.6 is 11.6 Å². The third-order valence-corrected chi connectivity index (χ3v) is 10.4. The molecule has 0 aromatic heterocycles. The number of carbonyl (C=O) groups excluding carboxylic acids is 2. The fraction of sp³-hybridized carbons (Fsp3) is 0.412. The first-order valence-corrected chi connectivity index (χ1v) is 16.8. The lowest BCUT2D eigenvalue weighted by atomic mass is 9.95. The quantitative estimate of drug-likeness (QED) is 0.257. The zero-order chi connectivity index (χ0) is 31.1. The maximum Gasteiger partial charge on any atom is 0.264 e. The van der Waals surface area contributed by atoms with Gasteiger partial charge in [-0.05, 0) is 98.7 Å². The third-order valence-electron chi connectivity index (χ3n) is 8.40. The van der Waals surface area contributed by atoms with Crippen molar-refractivity contribution in [2.24, 2.45) is 0 Å². The van der Waals surface area contributed by atoms with Gasteiger partial charge in [-0.2, -0.15) is 0 Å². The molecular formula is C34H42ClN3O4S. The number of sulfonamides is 1. The van der Waals surface area contributed by atoms with Gasteiger partial charge in [-0.3, -0.25) is 13.9 Å². The molecule has 7 nitrogen and oxygen atoms in total. The lowest BCUT2D eigenvalue weighted by Crippen LogP contribution is -2.54. The maximum atomic E-state index is 14.3. The predicted molar refractivity (Wildman–Crippen MR) is 173 cm³/mol. The minimum atomic E-state index is -4.16. The summed E-state index contributed by atoms with van der Waals surface area (Å²) in [6, 6.07) is 18.3. The summed E-state index contributed by atoms with van der Waals surface area (Å²) in [5.41, 5.74) is 4.17. The Bertz CT molecular complexity index is 1540. The minimum absolute atomic E-state index is 0.0236. The molecule has 43 heavy (non-hydrogen) atoms. The first kappa shape index (κ1) is 32.6. The zero-order valence-corrected chi connectivity index (χ0v) is 27.0. The summed E-state index contributed by atoms with van der Waals surface area (Å²) in [6.07, 6.45) is 5.55. The summed E-state index contributed by atoms with van der Waals surface area (Å²) in [5, 5.41) is 3.60. The Balaban J connectivity index is 1.73. The van der Waals surface area contributed by atoms with Crippen LogP contribution < -0.4 is 9.62 Å². The van der Waals surface area contributed by atoms with E-state index in [-0.39, 0.29) is 23.4 Å². The van der Waals surface area contributed by atoms with Crippen molar-refractivity contribution in [2.75, 3.05) is 10.8 Å². The zero-order valence-electron chi connectivity index (χ0n) is 25.5. The van der Waals surface area contributed by atoms with Gasteiger partial charge in [-0.1, -0.05) is 68.1 Å². The van der Waals surface area contributed by atoms with Crippen LogP contribution in [0.15, 0.2) is 71.6 Å². The highest BCUT2D eigenvalue weighted by atomic mass is 35.5. The van der Waals surface area contributed by atoms with E-state index in [0.717, 1.165) is 58.7 Å². The molecule has 3 aromatic carbocycles. The van der Waals surface area contributed by atoms with Crippen molar-refractivity contribution in [3.05, 3.63) is 94.0 Å². The van der Waals surface area contributed by atoms with Crippen molar-refractivity contribution < 1.29 is 18.0 Å². The molecule has 0 radical (unpaired) electrons. The number of rotatable bonds is 11. The van der Waals surface area contributed by atoms with Gasteiger partial charge in [-0.15, -0.1) is 0 Å². The normalized spacial score (nSPS) is 14.6. The molecule has 4 rings (SSSR count). The molecule has 1 saturated carbocycles. The number of aryl methyl sites for hydroxylation is 3. The molecular weight excluding hydrogens is 582 g/mol. The van der Waals surface area contributed by atoms with E-state index in [1.807, 2.05) is 58.0 Å². The molecule has 1 atom stereocenters. The number of benzene rings is 3. The highest BCUT2D eigenvalue weighted by molar-refractivity contribution is 7.92. The molecule has 9 heteroatoms. The van der Waals surface area contributed by atoms with E-state index in [9.17, 15) is 18.0 Å². The molecule has 2 amide bonds. The Morgan fingerprint density at radius 1 is 0.907 bits per heavy atom. The van der Waals surface area contributed by atoms with Gasteiger partial charge < -0.3 is 10.2 Å². The molecule has 0 saturated heterocycles. The van der Waals surface area contributed by atoms with Crippen molar-refractivity contribution in [3.63, 3.8) is 0 Å². The second-order valence-electron chi connectivity index (χ2n) is 11.4. The Kier molecular flexibility index (Phi) is 10.9. The Morgan fingerprint density at radius 2 is 1.58 bits per heavy atom. The standard InChI is InChI=1S/C34H42ClN3O4S/c1-5-32(34(40)36-29-13-7-6-8-14-29)37(22-27-12-10-9-11-25(27)3)33(39)23-38(30-18-15-24(2)26(4)21-30)43(41,42)31-19-16-28(35)17-20-31/h9-12,15-21,29,32H,5-8,13-14,22-23H2,1-4H3,(H,36,40). The molecule has 1 aliphatic rings. The average Bonchev–Trinajstić information content (AvgIpc) is 2.98. The molecule has 0 spiro atoms. The third kappa shape index (κ3) is 7.98. The van der Waals surface area contributed by atoms with Gasteiger partial charge in [0.15, 0.2) is 0 Å². The maximum absolute atomic E-state index is 14.3. The van der Waals surface area contributed by atoms with Crippen LogP contribution in [0.4, 0.5) is 5.69 Å². The van der Waals surface area contributed by atoms with Crippen molar-refractivity contribution in [3.8, 4) is 0 Å². The molecule has 1 unspecified atom stereocenters. The summed E-state index contributed by atoms with van der Waals surface area (Å²) < 4.78 is 29.3. The fourth-order valence-electron chi connectivity index (χ4n) is 5.58. The molecule has 230 valence electrons. The van der Waals surface area contributed by atoms with Gasteiger partial charge in [0.1, 0.15) is 12.6 Å². The van der Waals surface area contributed by atoms with Crippen molar-refractivity contribution in [2.45, 2.75) is 89.7 Å². The molecule has 3 aromatic rings. The highest BCUT2D eigenvalue weighted by Gasteiger charge is 2.34. The number of amides is 2. The first-order chi connectivity index (χ1) is 20.5. The van der Waals surface area contributed by atoms with E-state index < -0.39 is 28.5 Å². The van der Waals surface area contributed by atoms with Gasteiger partial charge in [-0.25, -0.2) is 8.42 Å². The Hall–Kier alpha value is -3.36. The van der Waals surface area contributed by atoms with Crippen LogP contribution in [0.3, 0.4) is 0 Å². The van der Waals surface area contributed by atoms with E-state index in [4.69, 9.17) is 11.6 Å². The van der Waals surface area contributed by atoms with Crippen LogP contribution in [-0.4, -0.2) is 43.8 Å². The van der Waals surface area contributed by atoms with Crippen LogP contribution in [0.25, 0.3) is 0 Å². The van der Waals surface area contributed by atoms with E-state index in [1.54, 1.807) is 17.0 Å².